The summed E-state index contributed by atoms with van der Waals surface area (Å²) >= 11 is 1.62. The topological polar surface area (TPSA) is 58.1 Å². The van der Waals surface area contributed by atoms with Crippen molar-refractivity contribution in [2.45, 2.75) is 37.6 Å². The molecular formula is C25H28N4OS. The minimum absolute atomic E-state index is 0.0824. The third kappa shape index (κ3) is 4.90. The van der Waals surface area contributed by atoms with E-state index in [0.717, 1.165) is 41.0 Å². The minimum Gasteiger partial charge on any atom is -0.350 e. The van der Waals surface area contributed by atoms with E-state index in [1.165, 1.54) is 11.1 Å². The van der Waals surface area contributed by atoms with Gasteiger partial charge in [-0.15, -0.1) is 11.8 Å². The number of benzene rings is 2. The van der Waals surface area contributed by atoms with Gasteiger partial charge in [-0.2, -0.15) is 0 Å². The Bertz CT molecular complexity index is 1070. The third-order valence-electron chi connectivity index (χ3n) is 5.88. The molecular weight excluding hydrogens is 404 g/mol. The summed E-state index contributed by atoms with van der Waals surface area (Å²) in [5.74, 6) is 0.701. The van der Waals surface area contributed by atoms with Crippen LogP contribution >= 0.6 is 11.8 Å². The summed E-state index contributed by atoms with van der Waals surface area (Å²) in [6, 6.07) is 14.5. The number of aromatic nitrogens is 2. The van der Waals surface area contributed by atoms with Gasteiger partial charge >= 0.3 is 0 Å². The molecule has 0 aliphatic carbocycles. The lowest BCUT2D eigenvalue weighted by atomic mass is 9.95. The summed E-state index contributed by atoms with van der Waals surface area (Å²) in [7, 11) is 0. The molecule has 4 rings (SSSR count). The molecule has 1 atom stereocenters. The Morgan fingerprint density at radius 2 is 1.87 bits per heavy atom. The summed E-state index contributed by atoms with van der Waals surface area (Å²) < 4.78 is 0. The van der Waals surface area contributed by atoms with Crippen molar-refractivity contribution in [3.63, 3.8) is 0 Å². The first-order valence-electron chi connectivity index (χ1n) is 10.6. The van der Waals surface area contributed by atoms with Gasteiger partial charge in [0, 0.05) is 42.0 Å². The van der Waals surface area contributed by atoms with E-state index in [4.69, 9.17) is 0 Å². The molecule has 160 valence electrons. The zero-order valence-electron chi connectivity index (χ0n) is 18.3. The van der Waals surface area contributed by atoms with Crippen LogP contribution in [0.25, 0.3) is 11.1 Å². The van der Waals surface area contributed by atoms with Crippen LogP contribution in [0.5, 0.6) is 0 Å². The Hall–Kier alpha value is -2.86. The van der Waals surface area contributed by atoms with Gasteiger partial charge < -0.3 is 10.2 Å². The quantitative estimate of drug-likeness (QED) is 0.562. The lowest BCUT2D eigenvalue weighted by molar-refractivity contribution is 0.0715. The second kappa shape index (κ2) is 9.52. The largest absolute Gasteiger partial charge is 0.350 e. The van der Waals surface area contributed by atoms with Gasteiger partial charge in [0.25, 0.3) is 5.91 Å². The molecule has 1 aromatic heterocycles. The number of anilines is 1. The molecule has 1 aliphatic rings. The first kappa shape index (κ1) is 21.4. The number of likely N-dealkylation sites (tertiary alicyclic amines) is 1. The zero-order valence-corrected chi connectivity index (χ0v) is 19.1. The fourth-order valence-electron chi connectivity index (χ4n) is 3.96. The molecule has 1 aliphatic heterocycles. The van der Waals surface area contributed by atoms with Gasteiger partial charge in [-0.3, -0.25) is 4.79 Å². The van der Waals surface area contributed by atoms with Gasteiger partial charge in [0.2, 0.25) is 5.95 Å². The van der Waals surface area contributed by atoms with E-state index >= 15 is 0 Å². The molecule has 2 heterocycles. The van der Waals surface area contributed by atoms with Crippen molar-refractivity contribution in [2.75, 3.05) is 24.7 Å². The second-order valence-electron chi connectivity index (χ2n) is 8.03. The predicted octanol–water partition coefficient (Wildman–Crippen LogP) is 5.20. The Balaban J connectivity index is 1.52. The molecule has 31 heavy (non-hydrogen) atoms. The number of hydrogen-bond donors (Lipinski definition) is 1. The van der Waals surface area contributed by atoms with E-state index in [2.05, 4.69) is 47.3 Å². The Morgan fingerprint density at radius 1 is 1.10 bits per heavy atom. The van der Waals surface area contributed by atoms with Gasteiger partial charge in [0.15, 0.2) is 0 Å². The maximum absolute atomic E-state index is 13.5. The lowest BCUT2D eigenvalue weighted by Gasteiger charge is -2.33. The summed E-state index contributed by atoms with van der Waals surface area (Å²) in [5, 5.41) is 3.40. The summed E-state index contributed by atoms with van der Waals surface area (Å²) in [5.41, 5.74) is 5.31. The van der Waals surface area contributed by atoms with Crippen molar-refractivity contribution in [1.29, 1.82) is 0 Å². The third-order valence-corrected chi connectivity index (χ3v) is 6.56. The summed E-state index contributed by atoms with van der Waals surface area (Å²) in [6.45, 7) is 5.63. The molecule has 0 bridgehead atoms. The molecule has 1 saturated heterocycles. The zero-order chi connectivity index (χ0) is 21.8. The minimum atomic E-state index is 0.0824. The highest BCUT2D eigenvalue weighted by atomic mass is 32.2. The van der Waals surface area contributed by atoms with Crippen LogP contribution in [-0.4, -0.2) is 46.2 Å². The molecule has 1 fully saturated rings. The Labute approximate surface area is 188 Å². The van der Waals surface area contributed by atoms with Crippen LogP contribution in [0.15, 0.2) is 59.8 Å². The predicted molar refractivity (Wildman–Crippen MR) is 128 cm³/mol. The maximum Gasteiger partial charge on any atom is 0.254 e. The molecule has 2 aromatic carbocycles. The molecule has 6 heteroatoms. The molecule has 3 aromatic rings. The van der Waals surface area contributed by atoms with Gasteiger partial charge in [-0.1, -0.05) is 36.4 Å². The number of nitrogens with one attached hydrogen (secondary N) is 1. The van der Waals surface area contributed by atoms with Gasteiger partial charge in [0.1, 0.15) is 0 Å². The Morgan fingerprint density at radius 3 is 2.61 bits per heavy atom. The number of hydrogen-bond acceptors (Lipinski definition) is 5. The molecule has 1 N–H and O–H groups in total. The van der Waals surface area contributed by atoms with E-state index in [-0.39, 0.29) is 11.9 Å². The highest BCUT2D eigenvalue weighted by Gasteiger charge is 2.26. The lowest BCUT2D eigenvalue weighted by Crippen LogP contribution is -2.45. The number of nitrogens with zero attached hydrogens (tertiary/aromatic N) is 3. The van der Waals surface area contributed by atoms with Crippen molar-refractivity contribution in [2.24, 2.45) is 0 Å². The first-order valence-corrected chi connectivity index (χ1v) is 11.9. The molecule has 0 spiro atoms. The van der Waals surface area contributed by atoms with Crippen LogP contribution in [0.1, 0.15) is 34.3 Å². The number of aryl methyl sites for hydroxylation is 2. The number of carbonyl (C=O) groups is 1. The summed E-state index contributed by atoms with van der Waals surface area (Å²) in [4.78, 5) is 25.3. The monoisotopic (exact) mass is 432 g/mol. The standard InChI is InChI=1S/C25H28N4OS/c1-17-10-11-19(13-18(17)2)22-8-4-5-9-23(22)24(30)29-12-6-7-20(16-29)28-25-26-14-21(31-3)15-27-25/h4-5,8-11,13-15,20H,6-7,12,16H2,1-3H3,(H,26,27,28)/t20-/m1/s1. The molecule has 1 amide bonds. The molecule has 5 nitrogen and oxygen atoms in total. The fraction of sp³-hybridized carbons (Fsp3) is 0.320. The van der Waals surface area contributed by atoms with Crippen molar-refractivity contribution < 1.29 is 4.79 Å². The highest BCUT2D eigenvalue weighted by molar-refractivity contribution is 7.98. The van der Waals surface area contributed by atoms with E-state index in [9.17, 15) is 4.79 Å². The van der Waals surface area contributed by atoms with Crippen molar-refractivity contribution in [1.82, 2.24) is 14.9 Å². The van der Waals surface area contributed by atoms with Crippen LogP contribution in [0.3, 0.4) is 0 Å². The maximum atomic E-state index is 13.5. The first-order chi connectivity index (χ1) is 15.0. The number of thioether (sulfide) groups is 1. The smallest absolute Gasteiger partial charge is 0.254 e. The average Bonchev–Trinajstić information content (AvgIpc) is 2.81. The average molecular weight is 433 g/mol. The SMILES string of the molecule is CSc1cnc(N[C@@H]2CCCN(C(=O)c3ccccc3-c3ccc(C)c(C)c3)C2)nc1. The van der Waals surface area contributed by atoms with Gasteiger partial charge in [-0.25, -0.2) is 9.97 Å². The molecule has 0 saturated carbocycles. The van der Waals surface area contributed by atoms with Crippen molar-refractivity contribution >= 4 is 23.6 Å². The molecule has 0 unspecified atom stereocenters. The van der Waals surface area contributed by atoms with E-state index < -0.39 is 0 Å². The van der Waals surface area contributed by atoms with Gasteiger partial charge in [-0.05, 0) is 61.3 Å². The normalized spacial score (nSPS) is 16.2. The number of carbonyl (C=O) groups excluding carboxylic acids is 1. The Kier molecular flexibility index (Phi) is 6.56. The van der Waals surface area contributed by atoms with Gasteiger partial charge in [0.05, 0.1) is 0 Å². The molecule has 0 radical (unpaired) electrons. The van der Waals surface area contributed by atoms with Crippen molar-refractivity contribution in [3.8, 4) is 11.1 Å². The van der Waals surface area contributed by atoms with Crippen molar-refractivity contribution in [3.05, 3.63) is 71.5 Å². The fourth-order valence-corrected chi connectivity index (χ4v) is 4.27. The van der Waals surface area contributed by atoms with E-state index in [1.54, 1.807) is 11.8 Å². The van der Waals surface area contributed by atoms with E-state index in [0.29, 0.717) is 12.5 Å². The number of rotatable bonds is 5. The van der Waals surface area contributed by atoms with Crippen LogP contribution in [0, 0.1) is 13.8 Å². The van der Waals surface area contributed by atoms with Crippen LogP contribution in [-0.2, 0) is 0 Å². The van der Waals surface area contributed by atoms with Crippen LogP contribution in [0.4, 0.5) is 5.95 Å². The number of amides is 1. The summed E-state index contributed by atoms with van der Waals surface area (Å²) in [6.07, 6.45) is 7.61. The second-order valence-corrected chi connectivity index (χ2v) is 8.91. The van der Waals surface area contributed by atoms with Crippen LogP contribution < -0.4 is 5.32 Å². The number of piperidine rings is 1. The van der Waals surface area contributed by atoms with Crippen LogP contribution in [0.2, 0.25) is 0 Å². The highest BCUT2D eigenvalue weighted by Crippen LogP contribution is 2.28. The van der Waals surface area contributed by atoms with E-state index in [1.807, 2.05) is 47.8 Å².